The van der Waals surface area contributed by atoms with Crippen LogP contribution in [0.1, 0.15) is 336 Å². The lowest BCUT2D eigenvalue weighted by Gasteiger charge is -2.21. The van der Waals surface area contributed by atoms with Crippen molar-refractivity contribution in [3.05, 3.63) is 60.8 Å². The number of phosphoric ester groups is 2. The molecule has 0 aliphatic rings. The minimum atomic E-state index is -4.97. The summed E-state index contributed by atoms with van der Waals surface area (Å²) in [6, 6.07) is 0. The largest absolute Gasteiger partial charge is 0.472 e. The Balaban J connectivity index is 5.31. The summed E-state index contributed by atoms with van der Waals surface area (Å²) in [5, 5.41) is 10.6. The number of aliphatic hydroxyl groups is 1. The van der Waals surface area contributed by atoms with E-state index in [4.69, 9.17) is 37.0 Å². The fourth-order valence-corrected chi connectivity index (χ4v) is 11.8. The normalized spacial score (nSPS) is 14.3. The van der Waals surface area contributed by atoms with Crippen LogP contribution in [0.4, 0.5) is 0 Å². The van der Waals surface area contributed by atoms with Crippen molar-refractivity contribution in [2.24, 2.45) is 0 Å². The van der Waals surface area contributed by atoms with Crippen LogP contribution in [0.15, 0.2) is 60.8 Å². The van der Waals surface area contributed by atoms with Crippen molar-refractivity contribution in [3.8, 4) is 0 Å². The summed E-state index contributed by atoms with van der Waals surface area (Å²) in [5.74, 6) is -2.18. The van der Waals surface area contributed by atoms with Crippen molar-refractivity contribution in [3.63, 3.8) is 0 Å². The molecule has 5 unspecified atom stereocenters. The number of phosphoric acid groups is 2. The van der Waals surface area contributed by atoms with Gasteiger partial charge in [-0.1, -0.05) is 281 Å². The number of aliphatic hydroxyl groups excluding tert-OH is 1. The third kappa shape index (κ3) is 67.3. The molecule has 5 atom stereocenters. The predicted octanol–water partition coefficient (Wildman–Crippen LogP) is 21.1. The zero-order chi connectivity index (χ0) is 69.0. The molecule has 0 aromatic carbocycles. The summed E-state index contributed by atoms with van der Waals surface area (Å²) in [6.45, 7) is 4.74. The minimum Gasteiger partial charge on any atom is -0.462 e. The van der Waals surface area contributed by atoms with Gasteiger partial charge in [0.05, 0.1) is 26.4 Å². The quantitative estimate of drug-likeness (QED) is 0.0169. The number of carbonyl (C=O) groups excluding carboxylic acids is 4. The van der Waals surface area contributed by atoms with Gasteiger partial charge in [0.2, 0.25) is 0 Å². The van der Waals surface area contributed by atoms with Crippen LogP contribution < -0.4 is 0 Å². The Morgan fingerprint density at radius 1 is 0.309 bits per heavy atom. The van der Waals surface area contributed by atoms with Gasteiger partial charge in [0.1, 0.15) is 19.3 Å². The van der Waals surface area contributed by atoms with E-state index in [1.54, 1.807) is 0 Å². The maximum absolute atomic E-state index is 13.0. The third-order valence-electron chi connectivity index (χ3n) is 16.0. The first-order valence-electron chi connectivity index (χ1n) is 37.5. The number of rotatable bonds is 71. The van der Waals surface area contributed by atoms with Gasteiger partial charge in [-0.3, -0.25) is 37.3 Å². The fraction of sp³-hybridized carbons (Fsp3) is 0.813. The smallest absolute Gasteiger partial charge is 0.462 e. The third-order valence-corrected chi connectivity index (χ3v) is 17.9. The van der Waals surface area contributed by atoms with E-state index >= 15 is 0 Å². The number of hydrogen-bond acceptors (Lipinski definition) is 15. The van der Waals surface area contributed by atoms with E-state index in [1.807, 2.05) is 0 Å². The summed E-state index contributed by atoms with van der Waals surface area (Å²) < 4.78 is 68.4. The van der Waals surface area contributed by atoms with E-state index in [2.05, 4.69) is 88.5 Å². The maximum Gasteiger partial charge on any atom is 0.472 e. The van der Waals surface area contributed by atoms with E-state index < -0.39 is 97.5 Å². The second-order valence-corrected chi connectivity index (χ2v) is 28.1. The van der Waals surface area contributed by atoms with E-state index in [-0.39, 0.29) is 25.7 Å². The van der Waals surface area contributed by atoms with Crippen LogP contribution in [0.5, 0.6) is 0 Å². The van der Waals surface area contributed by atoms with Gasteiger partial charge in [-0.05, 0) is 89.9 Å². The minimum absolute atomic E-state index is 0.0970. The molecule has 0 amide bonds. The highest BCUT2D eigenvalue weighted by molar-refractivity contribution is 7.47. The van der Waals surface area contributed by atoms with Crippen molar-refractivity contribution in [1.29, 1.82) is 0 Å². The topological polar surface area (TPSA) is 237 Å². The lowest BCUT2D eigenvalue weighted by Crippen LogP contribution is -2.30. The molecule has 0 aromatic heterocycles. The zero-order valence-electron chi connectivity index (χ0n) is 59.6. The summed E-state index contributed by atoms with van der Waals surface area (Å²) >= 11 is 0. The second kappa shape index (κ2) is 68.3. The summed E-state index contributed by atoms with van der Waals surface area (Å²) in [6.07, 6.45) is 65.0. The lowest BCUT2D eigenvalue weighted by atomic mass is 10.0. The van der Waals surface area contributed by atoms with Gasteiger partial charge in [0.15, 0.2) is 12.2 Å². The van der Waals surface area contributed by atoms with Gasteiger partial charge in [0, 0.05) is 25.7 Å². The highest BCUT2D eigenvalue weighted by atomic mass is 31.2. The number of hydrogen-bond donors (Lipinski definition) is 3. The standard InChI is InChI=1S/C75H136O17P2/c1-5-9-13-17-21-25-29-32-34-37-40-43-47-51-55-59-72(77)85-65-70(91-74(79)61-57-53-49-45-39-28-24-20-16-12-8-4)67-89-93(81,82)87-63-69(76)64-88-94(83,84)90-68-71(92-75(80)62-58-54-50-46-42-36-31-27-23-19-15-11-7-3)66-86-73(78)60-56-52-48-44-41-38-35-33-30-26-22-18-14-10-6-2/h10,14,21-22,25-26,32-35,69-71,76H,5-9,11-13,15-20,23-24,27-31,36-68H2,1-4H3,(H,81,82)(H,83,84)/b14-10-,25-21-,26-22-,34-32-,35-33-. The fourth-order valence-electron chi connectivity index (χ4n) is 10.3. The van der Waals surface area contributed by atoms with Gasteiger partial charge in [0.25, 0.3) is 0 Å². The number of unbranched alkanes of at least 4 members (excludes halogenated alkanes) is 35. The van der Waals surface area contributed by atoms with Crippen LogP contribution in [0.2, 0.25) is 0 Å². The first-order chi connectivity index (χ1) is 45.7. The number of carbonyl (C=O) groups is 4. The molecule has 0 aliphatic heterocycles. The summed E-state index contributed by atoms with van der Waals surface area (Å²) in [5.41, 5.74) is 0. The van der Waals surface area contributed by atoms with Crippen LogP contribution in [0.25, 0.3) is 0 Å². The average Bonchev–Trinajstić information content (AvgIpc) is 1.55. The lowest BCUT2D eigenvalue weighted by molar-refractivity contribution is -0.161. The second-order valence-electron chi connectivity index (χ2n) is 25.2. The molecule has 0 bridgehead atoms. The molecule has 0 heterocycles. The van der Waals surface area contributed by atoms with Gasteiger partial charge in [-0.2, -0.15) is 0 Å². The van der Waals surface area contributed by atoms with E-state index in [0.29, 0.717) is 25.7 Å². The first kappa shape index (κ1) is 90.8. The highest BCUT2D eigenvalue weighted by Gasteiger charge is 2.30. The molecule has 19 heteroatoms. The van der Waals surface area contributed by atoms with Crippen molar-refractivity contribution in [1.82, 2.24) is 0 Å². The Labute approximate surface area is 571 Å². The van der Waals surface area contributed by atoms with Crippen LogP contribution >= 0.6 is 15.6 Å². The molecule has 0 fully saturated rings. The van der Waals surface area contributed by atoms with E-state index in [0.717, 1.165) is 148 Å². The molecule has 0 aliphatic carbocycles. The molecule has 0 saturated carbocycles. The number of ether oxygens (including phenoxy) is 4. The van der Waals surface area contributed by atoms with Crippen LogP contribution in [0, 0.1) is 0 Å². The Hall–Kier alpha value is -3.24. The summed E-state index contributed by atoms with van der Waals surface area (Å²) in [4.78, 5) is 72.7. The average molecular weight is 1370 g/mol. The molecule has 17 nitrogen and oxygen atoms in total. The molecule has 0 saturated heterocycles. The highest BCUT2D eigenvalue weighted by Crippen LogP contribution is 2.45. The van der Waals surface area contributed by atoms with E-state index in [9.17, 15) is 43.2 Å². The molecule has 3 N–H and O–H groups in total. The van der Waals surface area contributed by atoms with Crippen LogP contribution in [-0.4, -0.2) is 96.7 Å². The van der Waals surface area contributed by atoms with Gasteiger partial charge >= 0.3 is 39.5 Å². The molecular formula is C75H136O17P2. The zero-order valence-corrected chi connectivity index (χ0v) is 61.4. The van der Waals surface area contributed by atoms with Crippen molar-refractivity contribution < 1.29 is 80.2 Å². The Morgan fingerprint density at radius 2 is 0.553 bits per heavy atom. The summed E-state index contributed by atoms with van der Waals surface area (Å²) in [7, 11) is -9.93. The number of allylic oxidation sites excluding steroid dienone is 10. The Morgan fingerprint density at radius 3 is 0.872 bits per heavy atom. The predicted molar refractivity (Wildman–Crippen MR) is 381 cm³/mol. The van der Waals surface area contributed by atoms with Gasteiger partial charge in [-0.15, -0.1) is 0 Å². The first-order valence-corrected chi connectivity index (χ1v) is 40.5. The Kier molecular flexibility index (Phi) is 65.9. The SMILES string of the molecule is CC/C=C\C/C=C\C/C=C\CCCCCCCC(=O)OCC(COP(=O)(O)OCC(O)COP(=O)(O)OCC(COC(=O)CCCCCCC/C=C\C/C=C\CCCCC)OC(=O)CCCCCCCCCCCCC)OC(=O)CCCCCCCCCCCCCCC. The molecule has 0 aromatic rings. The Bertz CT molecular complexity index is 2030. The molecule has 548 valence electrons. The molecule has 0 spiro atoms. The van der Waals surface area contributed by atoms with Crippen molar-refractivity contribution in [2.45, 2.75) is 354 Å². The van der Waals surface area contributed by atoms with Gasteiger partial charge < -0.3 is 33.8 Å². The molecule has 94 heavy (non-hydrogen) atoms. The van der Waals surface area contributed by atoms with Gasteiger partial charge in [-0.25, -0.2) is 9.13 Å². The molecule has 0 radical (unpaired) electrons. The maximum atomic E-state index is 13.0. The molecular weight excluding hydrogens is 1230 g/mol. The van der Waals surface area contributed by atoms with Crippen molar-refractivity contribution in [2.75, 3.05) is 39.6 Å². The monoisotopic (exact) mass is 1370 g/mol. The number of esters is 4. The van der Waals surface area contributed by atoms with Crippen LogP contribution in [0.3, 0.4) is 0 Å². The molecule has 0 rings (SSSR count). The van der Waals surface area contributed by atoms with Crippen LogP contribution in [-0.2, 0) is 65.4 Å². The van der Waals surface area contributed by atoms with Crippen molar-refractivity contribution >= 4 is 39.5 Å². The van der Waals surface area contributed by atoms with E-state index in [1.165, 1.54) is 109 Å².